The number of esters is 1. The van der Waals surface area contributed by atoms with Crippen molar-refractivity contribution in [3.8, 4) is 0 Å². The first-order chi connectivity index (χ1) is 14.9. The van der Waals surface area contributed by atoms with Gasteiger partial charge < -0.3 is 15.4 Å². The summed E-state index contributed by atoms with van der Waals surface area (Å²) in [5.74, 6) is -0.960. The van der Waals surface area contributed by atoms with E-state index in [0.29, 0.717) is 11.3 Å². The number of hydrogen-bond donors (Lipinski definition) is 2. The fourth-order valence-electron chi connectivity index (χ4n) is 3.09. The molecule has 31 heavy (non-hydrogen) atoms. The Balaban J connectivity index is 1.69. The molecule has 2 amide bonds. The van der Waals surface area contributed by atoms with Gasteiger partial charge in [0, 0.05) is 24.6 Å². The average Bonchev–Trinajstić information content (AvgIpc) is 3.26. The third-order valence-electron chi connectivity index (χ3n) is 4.66. The number of aryl methyl sites for hydroxylation is 1. The van der Waals surface area contributed by atoms with Crippen molar-refractivity contribution >= 4 is 23.5 Å². The summed E-state index contributed by atoms with van der Waals surface area (Å²) in [6.07, 6.45) is 3.53. The lowest BCUT2D eigenvalue weighted by atomic mass is 10.1. The molecule has 2 N–H and O–H groups in total. The minimum Gasteiger partial charge on any atom is -0.465 e. The molecular weight excluding hydrogens is 396 g/mol. The minimum atomic E-state index is -0.532. The van der Waals surface area contributed by atoms with Crippen molar-refractivity contribution in [2.45, 2.75) is 26.4 Å². The molecule has 160 valence electrons. The molecule has 0 atom stereocenters. The van der Waals surface area contributed by atoms with Crippen molar-refractivity contribution in [1.82, 2.24) is 15.1 Å². The average molecular weight is 420 g/mol. The van der Waals surface area contributed by atoms with Crippen LogP contribution in [0.15, 0.2) is 60.9 Å². The molecule has 0 fully saturated rings. The molecule has 8 heteroatoms. The fraction of sp³-hybridized carbons (Fsp3) is 0.217. The highest BCUT2D eigenvalue weighted by Crippen LogP contribution is 2.17. The number of amides is 2. The molecule has 0 aliphatic rings. The van der Waals surface area contributed by atoms with Gasteiger partial charge in [-0.05, 0) is 47.9 Å². The van der Waals surface area contributed by atoms with Crippen LogP contribution in [0.4, 0.5) is 5.69 Å². The van der Waals surface area contributed by atoms with E-state index in [1.54, 1.807) is 30.6 Å². The van der Waals surface area contributed by atoms with Crippen LogP contribution in [0.3, 0.4) is 0 Å². The molecule has 0 saturated heterocycles. The van der Waals surface area contributed by atoms with Gasteiger partial charge in [-0.25, -0.2) is 4.79 Å². The largest absolute Gasteiger partial charge is 0.465 e. The summed E-state index contributed by atoms with van der Waals surface area (Å²) in [7, 11) is 1.29. The number of rotatable bonds is 8. The molecule has 0 bridgehead atoms. The number of ether oxygens (including phenoxy) is 1. The van der Waals surface area contributed by atoms with Gasteiger partial charge in [0.15, 0.2) is 0 Å². The molecule has 0 radical (unpaired) electrons. The molecule has 0 aliphatic carbocycles. The van der Waals surface area contributed by atoms with Gasteiger partial charge in [0.2, 0.25) is 11.8 Å². The third kappa shape index (κ3) is 6.27. The van der Waals surface area contributed by atoms with Crippen LogP contribution >= 0.6 is 0 Å². The van der Waals surface area contributed by atoms with Gasteiger partial charge in [0.25, 0.3) is 0 Å². The smallest absolute Gasteiger partial charge is 0.337 e. The lowest BCUT2D eigenvalue weighted by Crippen LogP contribution is -2.25. The van der Waals surface area contributed by atoms with Crippen molar-refractivity contribution in [1.29, 1.82) is 0 Å². The maximum Gasteiger partial charge on any atom is 0.337 e. The standard InChI is InChI=1S/C23H24N4O4/c1-16-6-3-4-7-18(16)13-21(28)24-14-17-10-19(23(30)31-2)12-20(11-17)26-22(29)15-27-9-5-8-25-27/h3-12H,13-15H2,1-2H3,(H,24,28)(H,26,29). The molecule has 0 spiro atoms. The molecule has 1 aromatic heterocycles. The quantitative estimate of drug-likeness (QED) is 0.545. The summed E-state index contributed by atoms with van der Waals surface area (Å²) in [5, 5.41) is 9.61. The highest BCUT2D eigenvalue weighted by atomic mass is 16.5. The van der Waals surface area contributed by atoms with E-state index in [1.807, 2.05) is 31.2 Å². The first kappa shape index (κ1) is 21.8. The zero-order chi connectivity index (χ0) is 22.2. The van der Waals surface area contributed by atoms with E-state index in [-0.39, 0.29) is 36.9 Å². The minimum absolute atomic E-state index is 0.0396. The predicted molar refractivity (Wildman–Crippen MR) is 115 cm³/mol. The Hall–Kier alpha value is -3.94. The zero-order valence-electron chi connectivity index (χ0n) is 17.4. The first-order valence-electron chi connectivity index (χ1n) is 9.75. The maximum atomic E-state index is 12.4. The predicted octanol–water partition coefficient (Wildman–Crippen LogP) is 2.48. The topological polar surface area (TPSA) is 102 Å². The summed E-state index contributed by atoms with van der Waals surface area (Å²) in [5.41, 5.74) is 3.38. The Kier molecular flexibility index (Phi) is 7.16. The number of aromatic nitrogens is 2. The second-order valence-corrected chi connectivity index (χ2v) is 7.04. The van der Waals surface area contributed by atoms with Gasteiger partial charge >= 0.3 is 5.97 Å². The molecule has 3 rings (SSSR count). The molecule has 3 aromatic rings. The number of carbonyl (C=O) groups is 3. The number of anilines is 1. The number of methoxy groups -OCH3 is 1. The van der Waals surface area contributed by atoms with Crippen molar-refractivity contribution < 1.29 is 19.1 Å². The highest BCUT2D eigenvalue weighted by molar-refractivity contribution is 5.94. The highest BCUT2D eigenvalue weighted by Gasteiger charge is 2.12. The van der Waals surface area contributed by atoms with Crippen molar-refractivity contribution in [3.05, 3.63) is 83.2 Å². The van der Waals surface area contributed by atoms with E-state index in [0.717, 1.165) is 11.1 Å². The van der Waals surface area contributed by atoms with Gasteiger partial charge in [0.05, 0.1) is 19.1 Å². The van der Waals surface area contributed by atoms with Crippen LogP contribution in [0.25, 0.3) is 0 Å². The molecule has 2 aromatic carbocycles. The monoisotopic (exact) mass is 420 g/mol. The number of benzene rings is 2. The summed E-state index contributed by atoms with van der Waals surface area (Å²) in [6, 6.07) is 14.3. The van der Waals surface area contributed by atoms with Crippen LogP contribution in [-0.4, -0.2) is 34.7 Å². The van der Waals surface area contributed by atoms with Gasteiger partial charge in [-0.1, -0.05) is 24.3 Å². The molecule has 0 unspecified atom stereocenters. The van der Waals surface area contributed by atoms with Crippen LogP contribution in [-0.2, 0) is 33.8 Å². The summed E-state index contributed by atoms with van der Waals surface area (Å²) in [6.45, 7) is 2.20. The van der Waals surface area contributed by atoms with E-state index in [4.69, 9.17) is 4.74 Å². The normalized spacial score (nSPS) is 10.4. The van der Waals surface area contributed by atoms with Gasteiger partial charge in [-0.15, -0.1) is 0 Å². The zero-order valence-corrected chi connectivity index (χ0v) is 17.4. The maximum absolute atomic E-state index is 12.4. The molecule has 0 aliphatic heterocycles. The Morgan fingerprint density at radius 1 is 1.06 bits per heavy atom. The van der Waals surface area contributed by atoms with Crippen molar-refractivity contribution in [2.75, 3.05) is 12.4 Å². The Bertz CT molecular complexity index is 1080. The van der Waals surface area contributed by atoms with Gasteiger partial charge in [-0.2, -0.15) is 5.10 Å². The van der Waals surface area contributed by atoms with E-state index in [9.17, 15) is 14.4 Å². The number of nitrogens with one attached hydrogen (secondary N) is 2. The SMILES string of the molecule is COC(=O)c1cc(CNC(=O)Cc2ccccc2C)cc(NC(=O)Cn2cccn2)c1. The van der Waals surface area contributed by atoms with Crippen LogP contribution < -0.4 is 10.6 Å². The van der Waals surface area contributed by atoms with Crippen LogP contribution in [0.5, 0.6) is 0 Å². The second kappa shape index (κ2) is 10.2. The van der Waals surface area contributed by atoms with Gasteiger partial charge in [0.1, 0.15) is 6.54 Å². The van der Waals surface area contributed by atoms with E-state index < -0.39 is 5.97 Å². The fourth-order valence-corrected chi connectivity index (χ4v) is 3.09. The van der Waals surface area contributed by atoms with Crippen LogP contribution in [0.1, 0.15) is 27.0 Å². The molecule has 0 saturated carbocycles. The number of hydrogen-bond acceptors (Lipinski definition) is 5. The Morgan fingerprint density at radius 3 is 2.58 bits per heavy atom. The van der Waals surface area contributed by atoms with Crippen LogP contribution in [0.2, 0.25) is 0 Å². The first-order valence-corrected chi connectivity index (χ1v) is 9.75. The lowest BCUT2D eigenvalue weighted by molar-refractivity contribution is -0.120. The Labute approximate surface area is 180 Å². The lowest BCUT2D eigenvalue weighted by Gasteiger charge is -2.12. The number of nitrogens with zero attached hydrogens (tertiary/aromatic N) is 2. The van der Waals surface area contributed by atoms with E-state index >= 15 is 0 Å². The van der Waals surface area contributed by atoms with Gasteiger partial charge in [-0.3, -0.25) is 14.3 Å². The number of carbonyl (C=O) groups excluding carboxylic acids is 3. The molecule has 8 nitrogen and oxygen atoms in total. The van der Waals surface area contributed by atoms with E-state index in [2.05, 4.69) is 15.7 Å². The summed E-state index contributed by atoms with van der Waals surface area (Å²) >= 11 is 0. The van der Waals surface area contributed by atoms with Crippen molar-refractivity contribution in [3.63, 3.8) is 0 Å². The second-order valence-electron chi connectivity index (χ2n) is 7.04. The molecule has 1 heterocycles. The summed E-state index contributed by atoms with van der Waals surface area (Å²) in [4.78, 5) is 36.7. The summed E-state index contributed by atoms with van der Waals surface area (Å²) < 4.78 is 6.29. The molecular formula is C23H24N4O4. The Morgan fingerprint density at radius 2 is 1.87 bits per heavy atom. The van der Waals surface area contributed by atoms with E-state index in [1.165, 1.54) is 17.9 Å². The third-order valence-corrected chi connectivity index (χ3v) is 4.66. The van der Waals surface area contributed by atoms with Crippen LogP contribution in [0, 0.1) is 6.92 Å². The van der Waals surface area contributed by atoms with Crippen molar-refractivity contribution in [2.24, 2.45) is 0 Å².